The first-order chi connectivity index (χ1) is 11.3. The Labute approximate surface area is 141 Å². The molecule has 0 N–H and O–H groups in total. The minimum Gasteiger partial charge on any atom is -0.340 e. The van der Waals surface area contributed by atoms with Gasteiger partial charge in [0.2, 0.25) is 21.8 Å². The van der Waals surface area contributed by atoms with Crippen molar-refractivity contribution in [3.05, 3.63) is 11.7 Å². The fraction of sp³-hybridized carbons (Fsp3) is 0.786. The monoisotopic (exact) mass is 357 g/mol. The van der Waals surface area contributed by atoms with Crippen LogP contribution in [0.15, 0.2) is 4.52 Å². The lowest BCUT2D eigenvalue weighted by Gasteiger charge is -2.36. The van der Waals surface area contributed by atoms with E-state index in [1.165, 1.54) is 10.6 Å². The van der Waals surface area contributed by atoms with Gasteiger partial charge in [-0.2, -0.15) is 9.29 Å². The van der Waals surface area contributed by atoms with Crippen LogP contribution in [0.4, 0.5) is 0 Å². The number of piperazine rings is 1. The summed E-state index contributed by atoms with van der Waals surface area (Å²) in [4.78, 5) is 20.8. The number of carbonyl (C=O) groups is 1. The number of rotatable bonds is 4. The van der Waals surface area contributed by atoms with Gasteiger partial charge in [0.1, 0.15) is 6.04 Å². The molecule has 24 heavy (non-hydrogen) atoms. The van der Waals surface area contributed by atoms with Crippen LogP contribution in [0.1, 0.15) is 24.6 Å². The number of nitrogens with zero attached hydrogens (tertiary/aromatic N) is 5. The van der Waals surface area contributed by atoms with E-state index < -0.39 is 16.1 Å². The van der Waals surface area contributed by atoms with Crippen molar-refractivity contribution in [2.24, 2.45) is 0 Å². The predicted molar refractivity (Wildman–Crippen MR) is 85.5 cm³/mol. The number of amides is 1. The Hall–Kier alpha value is -1.52. The van der Waals surface area contributed by atoms with E-state index in [0.29, 0.717) is 57.4 Å². The molecular weight excluding hydrogens is 334 g/mol. The smallest absolute Gasteiger partial charge is 0.241 e. The number of sulfonamides is 1. The molecular formula is C14H23N5O4S. The van der Waals surface area contributed by atoms with Crippen molar-refractivity contribution >= 4 is 15.9 Å². The van der Waals surface area contributed by atoms with Gasteiger partial charge in [0.05, 0.1) is 12.8 Å². The summed E-state index contributed by atoms with van der Waals surface area (Å²) in [6.45, 7) is 5.39. The Morgan fingerprint density at radius 1 is 1.25 bits per heavy atom. The Balaban J connectivity index is 1.55. The molecule has 0 saturated carbocycles. The van der Waals surface area contributed by atoms with Crippen molar-refractivity contribution in [3.63, 3.8) is 0 Å². The van der Waals surface area contributed by atoms with Gasteiger partial charge in [-0.05, 0) is 12.8 Å². The lowest BCUT2D eigenvalue weighted by atomic mass is 10.2. The Morgan fingerprint density at radius 2 is 1.96 bits per heavy atom. The van der Waals surface area contributed by atoms with Crippen LogP contribution in [0, 0.1) is 6.92 Å². The number of aromatic nitrogens is 2. The third kappa shape index (κ3) is 3.76. The molecule has 0 aliphatic carbocycles. The Morgan fingerprint density at radius 3 is 2.54 bits per heavy atom. The number of carbonyl (C=O) groups excluding carboxylic acids is 1. The van der Waals surface area contributed by atoms with E-state index in [4.69, 9.17) is 4.52 Å². The largest absolute Gasteiger partial charge is 0.340 e. The van der Waals surface area contributed by atoms with E-state index in [1.54, 1.807) is 11.8 Å². The maximum absolute atomic E-state index is 12.7. The molecule has 1 atom stereocenters. The molecule has 1 aromatic heterocycles. The van der Waals surface area contributed by atoms with E-state index >= 15 is 0 Å². The van der Waals surface area contributed by atoms with Crippen LogP contribution < -0.4 is 0 Å². The molecule has 3 heterocycles. The maximum Gasteiger partial charge on any atom is 0.241 e. The van der Waals surface area contributed by atoms with Crippen LogP contribution in [-0.2, 0) is 21.4 Å². The van der Waals surface area contributed by atoms with Crippen LogP contribution in [0.5, 0.6) is 0 Å². The highest BCUT2D eigenvalue weighted by Crippen LogP contribution is 2.22. The summed E-state index contributed by atoms with van der Waals surface area (Å²) in [5, 5.41) is 3.88. The second-order valence-corrected chi connectivity index (χ2v) is 8.30. The molecule has 2 fully saturated rings. The number of aryl methyl sites for hydroxylation is 1. The van der Waals surface area contributed by atoms with Gasteiger partial charge in [-0.1, -0.05) is 5.16 Å². The summed E-state index contributed by atoms with van der Waals surface area (Å²) in [5.41, 5.74) is 0. The minimum atomic E-state index is -3.34. The number of hydrogen-bond donors (Lipinski definition) is 0. The van der Waals surface area contributed by atoms with Gasteiger partial charge in [0, 0.05) is 39.6 Å². The predicted octanol–water partition coefficient (Wildman–Crippen LogP) is -0.554. The molecule has 3 rings (SSSR count). The first-order valence-electron chi connectivity index (χ1n) is 8.12. The summed E-state index contributed by atoms with van der Waals surface area (Å²) in [6.07, 6.45) is 2.51. The third-order valence-corrected chi connectivity index (χ3v) is 5.82. The van der Waals surface area contributed by atoms with Crippen molar-refractivity contribution < 1.29 is 17.7 Å². The molecule has 2 aliphatic heterocycles. The molecule has 1 amide bonds. The molecule has 0 bridgehead atoms. The van der Waals surface area contributed by atoms with E-state index in [-0.39, 0.29) is 5.91 Å². The normalized spacial score (nSPS) is 23.8. The van der Waals surface area contributed by atoms with Crippen molar-refractivity contribution in [3.8, 4) is 0 Å². The third-order valence-electron chi connectivity index (χ3n) is 4.53. The number of hydrogen-bond acceptors (Lipinski definition) is 7. The van der Waals surface area contributed by atoms with Crippen molar-refractivity contribution in [2.75, 3.05) is 39.0 Å². The van der Waals surface area contributed by atoms with Gasteiger partial charge < -0.3 is 9.42 Å². The van der Waals surface area contributed by atoms with Gasteiger partial charge in [0.25, 0.3) is 0 Å². The molecule has 0 radical (unpaired) electrons. The summed E-state index contributed by atoms with van der Waals surface area (Å²) >= 11 is 0. The van der Waals surface area contributed by atoms with Gasteiger partial charge in [-0.15, -0.1) is 0 Å². The second kappa shape index (κ2) is 6.77. The van der Waals surface area contributed by atoms with Crippen molar-refractivity contribution in [1.29, 1.82) is 0 Å². The lowest BCUT2D eigenvalue weighted by Crippen LogP contribution is -2.54. The molecule has 0 aromatic carbocycles. The molecule has 9 nitrogen and oxygen atoms in total. The molecule has 2 saturated heterocycles. The summed E-state index contributed by atoms with van der Waals surface area (Å²) in [5.74, 6) is 1.11. The SMILES string of the molecule is Cc1nc(CN2CCN(C(=O)[C@@H]3CCCN3S(C)(=O)=O)CC2)no1. The minimum absolute atomic E-state index is 0.0759. The van der Waals surface area contributed by atoms with Gasteiger partial charge in [-0.3, -0.25) is 9.69 Å². The highest BCUT2D eigenvalue weighted by atomic mass is 32.2. The fourth-order valence-corrected chi connectivity index (χ4v) is 4.45. The summed E-state index contributed by atoms with van der Waals surface area (Å²) < 4.78 is 29.9. The van der Waals surface area contributed by atoms with Gasteiger partial charge in [0.15, 0.2) is 5.82 Å². The molecule has 0 unspecified atom stereocenters. The van der Waals surface area contributed by atoms with Crippen LogP contribution in [0.2, 0.25) is 0 Å². The zero-order valence-electron chi connectivity index (χ0n) is 14.0. The maximum atomic E-state index is 12.7. The standard InChI is InChI=1S/C14H23N5O4S/c1-11-15-13(16-23-11)10-17-6-8-18(9-7-17)14(20)12-4-3-5-19(12)24(2,21)22/h12H,3-10H2,1-2H3/t12-/m0/s1. The molecule has 134 valence electrons. The zero-order chi connectivity index (χ0) is 17.3. The van der Waals surface area contributed by atoms with Gasteiger partial charge in [-0.25, -0.2) is 8.42 Å². The molecule has 10 heteroatoms. The summed E-state index contributed by atoms with van der Waals surface area (Å²) in [6, 6.07) is -0.536. The van der Waals surface area contributed by atoms with Crippen LogP contribution in [-0.4, -0.2) is 83.6 Å². The Bertz CT molecular complexity index is 696. The van der Waals surface area contributed by atoms with E-state index in [2.05, 4.69) is 15.0 Å². The average molecular weight is 357 g/mol. The average Bonchev–Trinajstić information content (AvgIpc) is 3.16. The second-order valence-electron chi connectivity index (χ2n) is 6.36. The quantitative estimate of drug-likeness (QED) is 0.712. The van der Waals surface area contributed by atoms with Crippen molar-refractivity contribution in [2.45, 2.75) is 32.4 Å². The first kappa shape index (κ1) is 17.3. The van der Waals surface area contributed by atoms with Crippen LogP contribution in [0.25, 0.3) is 0 Å². The summed E-state index contributed by atoms with van der Waals surface area (Å²) in [7, 11) is -3.34. The highest BCUT2D eigenvalue weighted by Gasteiger charge is 2.39. The Kier molecular flexibility index (Phi) is 4.88. The van der Waals surface area contributed by atoms with E-state index in [9.17, 15) is 13.2 Å². The highest BCUT2D eigenvalue weighted by molar-refractivity contribution is 7.88. The first-order valence-corrected chi connectivity index (χ1v) is 9.96. The lowest BCUT2D eigenvalue weighted by molar-refractivity contribution is -0.136. The van der Waals surface area contributed by atoms with E-state index in [1.807, 2.05) is 0 Å². The van der Waals surface area contributed by atoms with Gasteiger partial charge >= 0.3 is 0 Å². The molecule has 2 aliphatic rings. The van der Waals surface area contributed by atoms with Crippen LogP contribution >= 0.6 is 0 Å². The molecule has 0 spiro atoms. The van der Waals surface area contributed by atoms with Crippen molar-refractivity contribution in [1.82, 2.24) is 24.2 Å². The van der Waals surface area contributed by atoms with Crippen LogP contribution in [0.3, 0.4) is 0 Å². The molecule has 1 aromatic rings. The van der Waals surface area contributed by atoms with E-state index in [0.717, 1.165) is 6.42 Å². The zero-order valence-corrected chi connectivity index (χ0v) is 14.8. The fourth-order valence-electron chi connectivity index (χ4n) is 3.33. The topological polar surface area (TPSA) is 99.9 Å².